The summed E-state index contributed by atoms with van der Waals surface area (Å²) in [7, 11) is 0. The quantitative estimate of drug-likeness (QED) is 0.611. The van der Waals surface area contributed by atoms with Crippen molar-refractivity contribution in [2.45, 2.75) is 83.0 Å². The van der Waals surface area contributed by atoms with Crippen LogP contribution in [0, 0.1) is 11.8 Å². The van der Waals surface area contributed by atoms with Crippen LogP contribution in [0.15, 0.2) is 18.2 Å². The molecule has 132 valence electrons. The van der Waals surface area contributed by atoms with Crippen molar-refractivity contribution in [3.8, 4) is 5.75 Å². The van der Waals surface area contributed by atoms with Crippen molar-refractivity contribution in [3.63, 3.8) is 0 Å². The van der Waals surface area contributed by atoms with E-state index in [0.717, 1.165) is 10.8 Å². The van der Waals surface area contributed by atoms with Crippen LogP contribution >= 0.6 is 11.6 Å². The normalized spacial score (nSPS) is 28.2. The van der Waals surface area contributed by atoms with Crippen LogP contribution in [-0.4, -0.2) is 6.29 Å². The van der Waals surface area contributed by atoms with E-state index >= 15 is 0 Å². The molecule has 0 spiro atoms. The molecule has 1 atom stereocenters. The minimum absolute atomic E-state index is 0.178. The second kappa shape index (κ2) is 6.88. The zero-order valence-corrected chi connectivity index (χ0v) is 15.5. The molecule has 2 saturated carbocycles. The van der Waals surface area contributed by atoms with Crippen molar-refractivity contribution < 1.29 is 9.47 Å². The molecule has 3 heteroatoms. The molecule has 2 aliphatic carbocycles. The monoisotopic (exact) mass is 348 g/mol. The minimum Gasteiger partial charge on any atom is -0.465 e. The van der Waals surface area contributed by atoms with E-state index in [2.05, 4.69) is 19.1 Å². The number of hydrogen-bond donors (Lipinski definition) is 0. The van der Waals surface area contributed by atoms with E-state index in [0.29, 0.717) is 11.8 Å². The van der Waals surface area contributed by atoms with E-state index in [9.17, 15) is 0 Å². The molecule has 1 aromatic rings. The summed E-state index contributed by atoms with van der Waals surface area (Å²) in [5.41, 5.74) is 1.03. The van der Waals surface area contributed by atoms with Crippen molar-refractivity contribution in [1.29, 1.82) is 0 Å². The van der Waals surface area contributed by atoms with E-state index in [1.807, 2.05) is 6.07 Å². The summed E-state index contributed by atoms with van der Waals surface area (Å²) in [4.78, 5) is 0. The molecule has 1 aliphatic heterocycles. The second-order valence-corrected chi connectivity index (χ2v) is 8.34. The maximum atomic E-state index is 6.75. The van der Waals surface area contributed by atoms with Gasteiger partial charge < -0.3 is 9.47 Å². The number of hydrogen-bond acceptors (Lipinski definition) is 2. The topological polar surface area (TPSA) is 18.5 Å². The predicted octanol–water partition coefficient (Wildman–Crippen LogP) is 6.45. The molecular weight excluding hydrogens is 320 g/mol. The third-order valence-electron chi connectivity index (χ3n) is 6.44. The van der Waals surface area contributed by atoms with Gasteiger partial charge >= 0.3 is 0 Å². The minimum atomic E-state index is -0.196. The van der Waals surface area contributed by atoms with Gasteiger partial charge in [0.1, 0.15) is 11.4 Å². The lowest BCUT2D eigenvalue weighted by Gasteiger charge is -2.52. The first-order valence-electron chi connectivity index (χ1n) is 9.84. The van der Waals surface area contributed by atoms with Crippen molar-refractivity contribution in [3.05, 3.63) is 28.8 Å². The molecule has 2 fully saturated rings. The Labute approximate surface area is 150 Å². The highest BCUT2D eigenvalue weighted by molar-refractivity contribution is 6.30. The Morgan fingerprint density at radius 1 is 0.917 bits per heavy atom. The average Bonchev–Trinajstić information content (AvgIpc) is 2.63. The van der Waals surface area contributed by atoms with E-state index in [1.54, 1.807) is 0 Å². The zero-order chi connectivity index (χ0) is 16.6. The Hall–Kier alpha value is -0.730. The Balaban J connectivity index is 1.84. The molecule has 1 unspecified atom stereocenters. The van der Waals surface area contributed by atoms with Gasteiger partial charge in [-0.25, -0.2) is 0 Å². The summed E-state index contributed by atoms with van der Waals surface area (Å²) in [6, 6.07) is 6.13. The summed E-state index contributed by atoms with van der Waals surface area (Å²) < 4.78 is 12.8. The fraction of sp³-hybridized carbons (Fsp3) is 0.714. The van der Waals surface area contributed by atoms with Crippen LogP contribution in [0.2, 0.25) is 5.02 Å². The number of fused-ring (bicyclic) bond motifs is 1. The fourth-order valence-corrected chi connectivity index (χ4v) is 5.65. The molecule has 1 aromatic carbocycles. The van der Waals surface area contributed by atoms with Crippen LogP contribution in [0.25, 0.3) is 0 Å². The zero-order valence-electron chi connectivity index (χ0n) is 14.7. The van der Waals surface area contributed by atoms with Gasteiger partial charge in [-0.15, -0.1) is 0 Å². The van der Waals surface area contributed by atoms with Crippen molar-refractivity contribution >= 4 is 11.6 Å². The summed E-state index contributed by atoms with van der Waals surface area (Å²) >= 11 is 6.41. The van der Waals surface area contributed by atoms with Crippen LogP contribution in [0.5, 0.6) is 5.75 Å². The SMILES string of the molecule is CC1Oc2ccc(Cl)cc2C(C2CCCCC2)(C2CCCCC2)O1. The summed E-state index contributed by atoms with van der Waals surface area (Å²) in [6.07, 6.45) is 13.0. The lowest BCUT2D eigenvalue weighted by atomic mass is 9.63. The second-order valence-electron chi connectivity index (χ2n) is 7.91. The molecule has 2 nitrogen and oxygen atoms in total. The number of ether oxygens (including phenoxy) is 2. The standard InChI is InChI=1S/C21H29ClO2/c1-15-23-20-13-12-18(22)14-19(20)21(24-15,16-8-4-2-5-9-16)17-10-6-3-7-11-17/h12-17H,2-11H2,1H3. The first-order chi connectivity index (χ1) is 11.7. The van der Waals surface area contributed by atoms with Gasteiger partial charge in [0, 0.05) is 10.6 Å². The average molecular weight is 349 g/mol. The lowest BCUT2D eigenvalue weighted by Crippen LogP contribution is -2.51. The van der Waals surface area contributed by atoms with Gasteiger partial charge in [0.25, 0.3) is 0 Å². The van der Waals surface area contributed by atoms with Crippen molar-refractivity contribution in [1.82, 2.24) is 0 Å². The molecule has 24 heavy (non-hydrogen) atoms. The third-order valence-corrected chi connectivity index (χ3v) is 6.67. The number of benzene rings is 1. The molecule has 3 aliphatic rings. The van der Waals surface area contributed by atoms with E-state index in [4.69, 9.17) is 21.1 Å². The van der Waals surface area contributed by atoms with Crippen LogP contribution in [0.1, 0.15) is 76.7 Å². The predicted molar refractivity (Wildman–Crippen MR) is 97.5 cm³/mol. The Kier molecular flexibility index (Phi) is 4.79. The summed E-state index contributed by atoms with van der Waals surface area (Å²) in [5.74, 6) is 2.19. The highest BCUT2D eigenvalue weighted by Crippen LogP contribution is 2.56. The number of halogens is 1. The van der Waals surface area contributed by atoms with E-state index < -0.39 is 0 Å². The number of rotatable bonds is 2. The van der Waals surface area contributed by atoms with Crippen molar-refractivity contribution in [2.75, 3.05) is 0 Å². The Morgan fingerprint density at radius 3 is 2.08 bits per heavy atom. The maximum Gasteiger partial charge on any atom is 0.198 e. The molecule has 0 saturated heterocycles. The highest BCUT2D eigenvalue weighted by Gasteiger charge is 2.52. The molecule has 0 bridgehead atoms. The van der Waals surface area contributed by atoms with E-state index in [-0.39, 0.29) is 11.9 Å². The molecule has 0 radical (unpaired) electrons. The lowest BCUT2D eigenvalue weighted by molar-refractivity contribution is -0.243. The largest absolute Gasteiger partial charge is 0.465 e. The first kappa shape index (κ1) is 16.7. The Bertz CT molecular complexity index is 555. The Morgan fingerprint density at radius 2 is 1.50 bits per heavy atom. The van der Waals surface area contributed by atoms with Crippen LogP contribution < -0.4 is 4.74 Å². The van der Waals surface area contributed by atoms with Gasteiger partial charge in [0.15, 0.2) is 6.29 Å². The van der Waals surface area contributed by atoms with Crippen molar-refractivity contribution in [2.24, 2.45) is 11.8 Å². The van der Waals surface area contributed by atoms with Crippen LogP contribution in [0.4, 0.5) is 0 Å². The molecule has 0 N–H and O–H groups in total. The summed E-state index contributed by atoms with van der Waals surface area (Å²) in [5, 5.41) is 0.798. The maximum absolute atomic E-state index is 6.75. The smallest absolute Gasteiger partial charge is 0.198 e. The van der Waals surface area contributed by atoms with Gasteiger partial charge in [-0.05, 0) is 62.6 Å². The molecular formula is C21H29ClO2. The third kappa shape index (κ3) is 2.86. The van der Waals surface area contributed by atoms with E-state index in [1.165, 1.54) is 69.8 Å². The van der Waals surface area contributed by atoms with Gasteiger partial charge in [0.05, 0.1) is 0 Å². The fourth-order valence-electron chi connectivity index (χ4n) is 5.48. The van der Waals surface area contributed by atoms with Crippen LogP contribution in [-0.2, 0) is 10.3 Å². The molecule has 0 amide bonds. The molecule has 0 aromatic heterocycles. The van der Waals surface area contributed by atoms with Gasteiger partial charge in [-0.1, -0.05) is 50.1 Å². The van der Waals surface area contributed by atoms with Gasteiger partial charge in [-0.2, -0.15) is 0 Å². The van der Waals surface area contributed by atoms with Crippen LogP contribution in [0.3, 0.4) is 0 Å². The summed E-state index contributed by atoms with van der Waals surface area (Å²) in [6.45, 7) is 2.05. The molecule has 4 rings (SSSR count). The molecule has 1 heterocycles. The van der Waals surface area contributed by atoms with Gasteiger partial charge in [0.2, 0.25) is 0 Å². The van der Waals surface area contributed by atoms with Gasteiger partial charge in [-0.3, -0.25) is 0 Å². The highest BCUT2D eigenvalue weighted by atomic mass is 35.5. The first-order valence-corrected chi connectivity index (χ1v) is 10.2.